The summed E-state index contributed by atoms with van der Waals surface area (Å²) < 4.78 is 50.4. The number of esters is 1. The number of carbonyl (C=O) groups excluding carboxylic acids is 3. The number of alkyl carbamates (subject to hydrolysis) is 1. The third kappa shape index (κ3) is 8.36. The van der Waals surface area contributed by atoms with Crippen LogP contribution in [-0.2, 0) is 44.7 Å². The number of hydrogen-bond donors (Lipinski definition) is 2. The van der Waals surface area contributed by atoms with E-state index in [4.69, 9.17) is 9.47 Å². The van der Waals surface area contributed by atoms with Crippen LogP contribution in [0.4, 0.5) is 18.0 Å². The van der Waals surface area contributed by atoms with Gasteiger partial charge in [-0.1, -0.05) is 78.9 Å². The van der Waals surface area contributed by atoms with Gasteiger partial charge in [0.1, 0.15) is 18.7 Å². The van der Waals surface area contributed by atoms with Crippen molar-refractivity contribution in [2.24, 2.45) is 0 Å². The lowest BCUT2D eigenvalue weighted by Crippen LogP contribution is -2.53. The molecule has 0 aliphatic heterocycles. The molecule has 0 aliphatic carbocycles. The van der Waals surface area contributed by atoms with Crippen LogP contribution < -0.4 is 10.6 Å². The van der Waals surface area contributed by atoms with Gasteiger partial charge in [-0.3, -0.25) is 4.79 Å². The molecular weight excluding hydrogens is 501 g/mol. The molecule has 0 aromatic heterocycles. The molecule has 2 amide bonds. The zero-order chi connectivity index (χ0) is 27.5. The molecule has 38 heavy (non-hydrogen) atoms. The van der Waals surface area contributed by atoms with Gasteiger partial charge in [-0.05, 0) is 22.8 Å². The summed E-state index contributed by atoms with van der Waals surface area (Å²) in [5.74, 6) is -1.72. The fourth-order valence-electron chi connectivity index (χ4n) is 3.77. The molecule has 0 saturated heterocycles. The molecule has 0 fully saturated rings. The maximum atomic E-state index is 13.5. The highest BCUT2D eigenvalue weighted by atomic mass is 19.4. The van der Waals surface area contributed by atoms with E-state index in [0.717, 1.165) is 18.7 Å². The minimum absolute atomic E-state index is 0.0363. The summed E-state index contributed by atoms with van der Waals surface area (Å²) in [5, 5.41) is 4.94. The minimum Gasteiger partial charge on any atom is -0.467 e. The molecule has 0 aliphatic rings. The topological polar surface area (TPSA) is 93.7 Å². The number of methoxy groups -OCH3 is 1. The SMILES string of the molecule is COC(=O)[C@H](Cc1ccccc1C(F)(F)F)NC(=O)[C@@H](Cc1ccccc1)NC(=O)OCc1ccccc1. The van der Waals surface area contributed by atoms with Crippen LogP contribution in [0.5, 0.6) is 0 Å². The molecule has 0 spiro atoms. The van der Waals surface area contributed by atoms with E-state index in [1.54, 1.807) is 54.6 Å². The smallest absolute Gasteiger partial charge is 0.416 e. The van der Waals surface area contributed by atoms with Crippen molar-refractivity contribution in [3.63, 3.8) is 0 Å². The highest BCUT2D eigenvalue weighted by Crippen LogP contribution is 2.32. The Kier molecular flexibility index (Phi) is 9.86. The van der Waals surface area contributed by atoms with Gasteiger partial charge >= 0.3 is 18.2 Å². The number of rotatable bonds is 10. The molecule has 3 aromatic rings. The summed E-state index contributed by atoms with van der Waals surface area (Å²) in [6, 6.07) is 19.8. The number of amides is 2. The van der Waals surface area contributed by atoms with E-state index in [1.165, 1.54) is 18.2 Å². The van der Waals surface area contributed by atoms with Crippen molar-refractivity contribution in [2.75, 3.05) is 7.11 Å². The fourth-order valence-corrected chi connectivity index (χ4v) is 3.77. The molecule has 200 valence electrons. The van der Waals surface area contributed by atoms with E-state index in [2.05, 4.69) is 10.6 Å². The number of hydrogen-bond acceptors (Lipinski definition) is 5. The zero-order valence-electron chi connectivity index (χ0n) is 20.5. The first-order valence-corrected chi connectivity index (χ1v) is 11.7. The second-order valence-corrected chi connectivity index (χ2v) is 8.39. The van der Waals surface area contributed by atoms with Crippen LogP contribution in [-0.4, -0.2) is 37.2 Å². The number of ether oxygens (including phenoxy) is 2. The lowest BCUT2D eigenvalue weighted by atomic mass is 9.99. The van der Waals surface area contributed by atoms with Gasteiger partial charge in [0.15, 0.2) is 0 Å². The molecule has 0 unspecified atom stereocenters. The van der Waals surface area contributed by atoms with Crippen molar-refractivity contribution < 1.29 is 37.0 Å². The predicted molar refractivity (Wildman–Crippen MR) is 133 cm³/mol. The van der Waals surface area contributed by atoms with Gasteiger partial charge in [0, 0.05) is 12.8 Å². The van der Waals surface area contributed by atoms with Crippen LogP contribution in [0, 0.1) is 0 Å². The van der Waals surface area contributed by atoms with Crippen molar-refractivity contribution in [3.05, 3.63) is 107 Å². The number of halogens is 3. The zero-order valence-corrected chi connectivity index (χ0v) is 20.5. The van der Waals surface area contributed by atoms with Gasteiger partial charge in [0.05, 0.1) is 12.7 Å². The molecule has 3 rings (SSSR count). The normalized spacial score (nSPS) is 12.6. The average molecular weight is 529 g/mol. The first kappa shape index (κ1) is 28.2. The van der Waals surface area contributed by atoms with E-state index in [1.807, 2.05) is 6.07 Å². The third-order valence-electron chi connectivity index (χ3n) is 5.65. The van der Waals surface area contributed by atoms with Crippen LogP contribution in [0.15, 0.2) is 84.9 Å². The van der Waals surface area contributed by atoms with Crippen molar-refractivity contribution >= 4 is 18.0 Å². The fraction of sp³-hybridized carbons (Fsp3) is 0.250. The van der Waals surface area contributed by atoms with Crippen LogP contribution >= 0.6 is 0 Å². The Morgan fingerprint density at radius 1 is 0.763 bits per heavy atom. The van der Waals surface area contributed by atoms with Gasteiger partial charge < -0.3 is 20.1 Å². The van der Waals surface area contributed by atoms with E-state index >= 15 is 0 Å². The molecule has 0 saturated carbocycles. The molecule has 0 radical (unpaired) electrons. The largest absolute Gasteiger partial charge is 0.467 e. The Hall–Kier alpha value is -4.34. The van der Waals surface area contributed by atoms with Gasteiger partial charge in [0.2, 0.25) is 5.91 Å². The maximum absolute atomic E-state index is 13.5. The molecule has 7 nitrogen and oxygen atoms in total. The van der Waals surface area contributed by atoms with Crippen molar-refractivity contribution in [3.8, 4) is 0 Å². The summed E-state index contributed by atoms with van der Waals surface area (Å²) >= 11 is 0. The molecular formula is C28H27F3N2O5. The standard InChI is InChI=1S/C28H27F3N2O5/c1-37-26(35)24(17-21-14-8-9-15-22(21)28(29,30)31)32-25(34)23(16-19-10-4-2-5-11-19)33-27(36)38-18-20-12-6-3-7-13-20/h2-15,23-24H,16-18H2,1H3,(H,32,34)(H,33,36)/t23-,24+/m1/s1. The Morgan fingerprint density at radius 2 is 1.34 bits per heavy atom. The summed E-state index contributed by atoms with van der Waals surface area (Å²) in [4.78, 5) is 38.2. The van der Waals surface area contributed by atoms with Crippen LogP contribution in [0.2, 0.25) is 0 Å². The van der Waals surface area contributed by atoms with Crippen LogP contribution in [0.1, 0.15) is 22.3 Å². The molecule has 10 heteroatoms. The van der Waals surface area contributed by atoms with Crippen molar-refractivity contribution in [1.29, 1.82) is 0 Å². The minimum atomic E-state index is -4.65. The number of alkyl halides is 3. The second-order valence-electron chi connectivity index (χ2n) is 8.39. The van der Waals surface area contributed by atoms with Gasteiger partial charge in [-0.2, -0.15) is 13.2 Å². The van der Waals surface area contributed by atoms with E-state index < -0.39 is 48.2 Å². The molecule has 0 bridgehead atoms. The Balaban J connectivity index is 1.77. The number of benzene rings is 3. The Labute approximate surface area is 218 Å². The summed E-state index contributed by atoms with van der Waals surface area (Å²) in [6.07, 6.45) is -5.95. The van der Waals surface area contributed by atoms with Gasteiger partial charge in [0.25, 0.3) is 0 Å². The molecule has 2 atom stereocenters. The Bertz CT molecular complexity index is 1220. The maximum Gasteiger partial charge on any atom is 0.416 e. The second kappa shape index (κ2) is 13.3. The lowest BCUT2D eigenvalue weighted by molar-refractivity contribution is -0.146. The first-order valence-electron chi connectivity index (χ1n) is 11.7. The Morgan fingerprint density at radius 3 is 1.95 bits per heavy atom. The van der Waals surface area contributed by atoms with E-state index in [0.29, 0.717) is 5.56 Å². The van der Waals surface area contributed by atoms with Gasteiger partial charge in [-0.15, -0.1) is 0 Å². The lowest BCUT2D eigenvalue weighted by Gasteiger charge is -2.23. The van der Waals surface area contributed by atoms with Crippen LogP contribution in [0.25, 0.3) is 0 Å². The monoisotopic (exact) mass is 528 g/mol. The third-order valence-corrected chi connectivity index (χ3v) is 5.65. The highest BCUT2D eigenvalue weighted by molar-refractivity contribution is 5.90. The number of carbonyl (C=O) groups is 3. The van der Waals surface area contributed by atoms with E-state index in [-0.39, 0.29) is 18.6 Å². The van der Waals surface area contributed by atoms with Crippen molar-refractivity contribution in [1.82, 2.24) is 10.6 Å². The first-order chi connectivity index (χ1) is 18.2. The van der Waals surface area contributed by atoms with E-state index in [9.17, 15) is 27.6 Å². The number of nitrogens with one attached hydrogen (secondary N) is 2. The highest BCUT2D eigenvalue weighted by Gasteiger charge is 2.35. The molecule has 3 aromatic carbocycles. The summed E-state index contributed by atoms with van der Waals surface area (Å²) in [6.45, 7) is -0.0363. The summed E-state index contributed by atoms with van der Waals surface area (Å²) in [5.41, 5.74) is 0.325. The predicted octanol–water partition coefficient (Wildman–Crippen LogP) is 4.44. The quantitative estimate of drug-likeness (QED) is 0.380. The van der Waals surface area contributed by atoms with Gasteiger partial charge in [-0.25, -0.2) is 9.59 Å². The summed E-state index contributed by atoms with van der Waals surface area (Å²) in [7, 11) is 1.07. The van der Waals surface area contributed by atoms with Crippen molar-refractivity contribution in [2.45, 2.75) is 37.7 Å². The van der Waals surface area contributed by atoms with Crippen LogP contribution in [0.3, 0.4) is 0 Å². The molecule has 2 N–H and O–H groups in total. The molecule has 0 heterocycles. The average Bonchev–Trinajstić information content (AvgIpc) is 2.91.